The highest BCUT2D eigenvalue weighted by molar-refractivity contribution is 7.10. The summed E-state index contributed by atoms with van der Waals surface area (Å²) in [5, 5.41) is 15.1. The first-order chi connectivity index (χ1) is 10.1. The summed E-state index contributed by atoms with van der Waals surface area (Å²) >= 11 is 7.26. The molecule has 1 atom stereocenters. The van der Waals surface area contributed by atoms with E-state index in [2.05, 4.69) is 5.32 Å². The molecule has 1 unspecified atom stereocenters. The van der Waals surface area contributed by atoms with E-state index in [4.69, 9.17) is 16.3 Å². The maximum atomic E-state index is 11.6. The van der Waals surface area contributed by atoms with Gasteiger partial charge in [0.1, 0.15) is 5.75 Å². The lowest BCUT2D eigenvalue weighted by Crippen LogP contribution is -2.30. The van der Waals surface area contributed by atoms with Crippen LogP contribution >= 0.6 is 22.9 Å². The molecule has 0 aliphatic rings. The third-order valence-electron chi connectivity index (χ3n) is 2.80. The van der Waals surface area contributed by atoms with Crippen molar-refractivity contribution in [2.45, 2.75) is 12.5 Å². The smallest absolute Gasteiger partial charge is 0.257 e. The number of ether oxygens (including phenoxy) is 1. The summed E-state index contributed by atoms with van der Waals surface area (Å²) in [4.78, 5) is 12.5. The molecule has 0 radical (unpaired) electrons. The van der Waals surface area contributed by atoms with Crippen LogP contribution in [0.25, 0.3) is 0 Å². The van der Waals surface area contributed by atoms with Crippen molar-refractivity contribution in [2.75, 3.05) is 13.2 Å². The first kappa shape index (κ1) is 15.8. The van der Waals surface area contributed by atoms with E-state index in [0.717, 1.165) is 4.88 Å². The Balaban J connectivity index is 1.64. The van der Waals surface area contributed by atoms with E-state index in [0.29, 0.717) is 23.7 Å². The van der Waals surface area contributed by atoms with E-state index < -0.39 is 6.10 Å². The molecule has 0 fully saturated rings. The summed E-state index contributed by atoms with van der Waals surface area (Å²) in [7, 11) is 0. The second-order valence-corrected chi connectivity index (χ2v) is 5.83. The number of halogens is 1. The lowest BCUT2D eigenvalue weighted by atomic mass is 10.2. The van der Waals surface area contributed by atoms with E-state index >= 15 is 0 Å². The van der Waals surface area contributed by atoms with Gasteiger partial charge in [-0.3, -0.25) is 4.79 Å². The van der Waals surface area contributed by atoms with E-state index in [1.807, 2.05) is 17.5 Å². The summed E-state index contributed by atoms with van der Waals surface area (Å²) < 4.78 is 5.32. The number of amides is 1. The molecule has 2 aromatic rings. The summed E-state index contributed by atoms with van der Waals surface area (Å²) in [6.07, 6.45) is -0.0600. The van der Waals surface area contributed by atoms with Crippen LogP contribution in [-0.2, 0) is 4.79 Å². The standard InChI is InChI=1S/C15H16ClNO3S/c16-11-3-5-12(6-4-11)20-10-15(19)17-8-7-13(18)14-2-1-9-21-14/h1-6,9,13,18H,7-8,10H2,(H,17,19). The molecule has 1 aromatic carbocycles. The normalized spacial score (nSPS) is 11.9. The Hall–Kier alpha value is -1.56. The average Bonchev–Trinajstić information content (AvgIpc) is 3.01. The molecule has 1 aromatic heterocycles. The van der Waals surface area contributed by atoms with Crippen LogP contribution in [0.15, 0.2) is 41.8 Å². The Kier molecular flexibility index (Phi) is 6.04. The van der Waals surface area contributed by atoms with Crippen molar-refractivity contribution >= 4 is 28.8 Å². The van der Waals surface area contributed by atoms with Crippen LogP contribution in [-0.4, -0.2) is 24.2 Å². The summed E-state index contributed by atoms with van der Waals surface area (Å²) in [6.45, 7) is 0.346. The largest absolute Gasteiger partial charge is 0.484 e. The van der Waals surface area contributed by atoms with Gasteiger partial charge in [0.05, 0.1) is 6.10 Å². The van der Waals surface area contributed by atoms with Crippen molar-refractivity contribution in [2.24, 2.45) is 0 Å². The van der Waals surface area contributed by atoms with Crippen LogP contribution in [0.5, 0.6) is 5.75 Å². The highest BCUT2D eigenvalue weighted by atomic mass is 35.5. The maximum Gasteiger partial charge on any atom is 0.257 e. The van der Waals surface area contributed by atoms with Crippen LogP contribution in [0.2, 0.25) is 5.02 Å². The molecule has 0 spiro atoms. The van der Waals surface area contributed by atoms with Gasteiger partial charge in [-0.15, -0.1) is 11.3 Å². The van der Waals surface area contributed by atoms with Gasteiger partial charge in [-0.2, -0.15) is 0 Å². The van der Waals surface area contributed by atoms with Crippen LogP contribution < -0.4 is 10.1 Å². The number of thiophene rings is 1. The van der Waals surface area contributed by atoms with E-state index in [1.54, 1.807) is 24.3 Å². The Morgan fingerprint density at radius 3 is 2.76 bits per heavy atom. The molecule has 0 aliphatic carbocycles. The SMILES string of the molecule is O=C(COc1ccc(Cl)cc1)NCCC(O)c1cccs1. The van der Waals surface area contributed by atoms with Crippen molar-refractivity contribution in [3.63, 3.8) is 0 Å². The number of nitrogens with one attached hydrogen (secondary N) is 1. The topological polar surface area (TPSA) is 58.6 Å². The molecule has 21 heavy (non-hydrogen) atoms. The fourth-order valence-corrected chi connectivity index (χ4v) is 2.57. The molecule has 112 valence electrons. The molecule has 4 nitrogen and oxygen atoms in total. The Morgan fingerprint density at radius 1 is 1.33 bits per heavy atom. The lowest BCUT2D eigenvalue weighted by molar-refractivity contribution is -0.123. The monoisotopic (exact) mass is 325 g/mol. The average molecular weight is 326 g/mol. The summed E-state index contributed by atoms with van der Waals surface area (Å²) in [5.41, 5.74) is 0. The van der Waals surface area contributed by atoms with Crippen molar-refractivity contribution in [3.05, 3.63) is 51.7 Å². The third kappa shape index (κ3) is 5.38. The number of carbonyl (C=O) groups excluding carboxylic acids is 1. The first-order valence-electron chi connectivity index (χ1n) is 6.51. The van der Waals surface area contributed by atoms with E-state index in [9.17, 15) is 9.90 Å². The minimum absolute atomic E-state index is 0.0588. The molecule has 6 heteroatoms. The van der Waals surface area contributed by atoms with E-state index in [-0.39, 0.29) is 12.5 Å². The van der Waals surface area contributed by atoms with Crippen LogP contribution in [0, 0.1) is 0 Å². The number of hydrogen-bond donors (Lipinski definition) is 2. The second-order valence-electron chi connectivity index (χ2n) is 4.41. The van der Waals surface area contributed by atoms with Crippen LogP contribution in [0.3, 0.4) is 0 Å². The molecule has 0 saturated heterocycles. The molecule has 2 N–H and O–H groups in total. The predicted octanol–water partition coefficient (Wildman–Crippen LogP) is 3.02. The zero-order chi connectivity index (χ0) is 15.1. The lowest BCUT2D eigenvalue weighted by Gasteiger charge is -2.10. The van der Waals surface area contributed by atoms with Crippen molar-refractivity contribution in [1.82, 2.24) is 5.32 Å². The fraction of sp³-hybridized carbons (Fsp3) is 0.267. The van der Waals surface area contributed by atoms with Crippen LogP contribution in [0.4, 0.5) is 0 Å². The molecule has 2 rings (SSSR count). The quantitative estimate of drug-likeness (QED) is 0.822. The highest BCUT2D eigenvalue weighted by Crippen LogP contribution is 2.20. The van der Waals surface area contributed by atoms with Gasteiger partial charge >= 0.3 is 0 Å². The zero-order valence-electron chi connectivity index (χ0n) is 11.3. The third-order valence-corrected chi connectivity index (χ3v) is 4.02. The van der Waals surface area contributed by atoms with Crippen molar-refractivity contribution in [1.29, 1.82) is 0 Å². The first-order valence-corrected chi connectivity index (χ1v) is 7.77. The molecular weight excluding hydrogens is 310 g/mol. The molecule has 1 heterocycles. The van der Waals surface area contributed by atoms with Gasteiger partial charge in [-0.05, 0) is 42.1 Å². The molecule has 1 amide bonds. The van der Waals surface area contributed by atoms with Gasteiger partial charge in [-0.25, -0.2) is 0 Å². The Labute approximate surface area is 132 Å². The summed E-state index contributed by atoms with van der Waals surface area (Å²) in [6, 6.07) is 10.6. The number of aliphatic hydroxyl groups excluding tert-OH is 1. The van der Waals surface area contributed by atoms with Gasteiger partial charge in [-0.1, -0.05) is 17.7 Å². The number of hydrogen-bond acceptors (Lipinski definition) is 4. The minimum Gasteiger partial charge on any atom is -0.484 e. The maximum absolute atomic E-state index is 11.6. The minimum atomic E-state index is -0.539. The fourth-order valence-electron chi connectivity index (χ4n) is 1.70. The number of aliphatic hydroxyl groups is 1. The molecule has 0 aliphatic heterocycles. The molecule has 0 bridgehead atoms. The Bertz CT molecular complexity index is 557. The van der Waals surface area contributed by atoms with Crippen molar-refractivity contribution in [3.8, 4) is 5.75 Å². The van der Waals surface area contributed by atoms with Gasteiger partial charge in [0.25, 0.3) is 5.91 Å². The van der Waals surface area contributed by atoms with Gasteiger partial charge < -0.3 is 15.2 Å². The highest BCUT2D eigenvalue weighted by Gasteiger charge is 2.09. The second kappa shape index (κ2) is 8.02. The molecule has 0 saturated carbocycles. The number of rotatable bonds is 7. The van der Waals surface area contributed by atoms with Gasteiger partial charge in [0.15, 0.2) is 6.61 Å². The predicted molar refractivity (Wildman–Crippen MR) is 83.9 cm³/mol. The number of carbonyl (C=O) groups is 1. The van der Waals surface area contributed by atoms with Gasteiger partial charge in [0, 0.05) is 16.4 Å². The number of benzene rings is 1. The Morgan fingerprint density at radius 2 is 2.10 bits per heavy atom. The molecular formula is C15H16ClNO3S. The van der Waals surface area contributed by atoms with Crippen LogP contribution in [0.1, 0.15) is 17.4 Å². The summed E-state index contributed by atoms with van der Waals surface area (Å²) in [5.74, 6) is 0.372. The van der Waals surface area contributed by atoms with Gasteiger partial charge in [0.2, 0.25) is 0 Å². The van der Waals surface area contributed by atoms with E-state index in [1.165, 1.54) is 11.3 Å². The van der Waals surface area contributed by atoms with Crippen molar-refractivity contribution < 1.29 is 14.6 Å². The zero-order valence-corrected chi connectivity index (χ0v) is 12.9.